The maximum Gasteiger partial charge on any atom is 0.0448 e. The van der Waals surface area contributed by atoms with E-state index in [2.05, 4.69) is 25.0 Å². The molecule has 0 spiro atoms. The minimum atomic E-state index is -0.886. The van der Waals surface area contributed by atoms with Crippen molar-refractivity contribution >= 4 is 8.07 Å². The lowest BCUT2D eigenvalue weighted by Gasteiger charge is -2.35. The maximum absolute atomic E-state index is 3.78. The summed E-state index contributed by atoms with van der Waals surface area (Å²) in [6.07, 6.45) is 8.83. The highest BCUT2D eigenvalue weighted by molar-refractivity contribution is 6.76. The summed E-state index contributed by atoms with van der Waals surface area (Å²) in [4.78, 5) is 0. The largest absolute Gasteiger partial charge is 0.313 e. The first-order valence-corrected chi connectivity index (χ1v) is 10.4. The lowest BCUT2D eigenvalue weighted by molar-refractivity contribution is 0.310. The van der Waals surface area contributed by atoms with Crippen LogP contribution in [0, 0.1) is 5.41 Å². The van der Waals surface area contributed by atoms with Crippen molar-refractivity contribution in [2.24, 2.45) is 5.41 Å². The summed E-state index contributed by atoms with van der Waals surface area (Å²) in [6, 6.07) is 2.43. The zero-order valence-corrected chi connectivity index (χ0v) is 11.7. The molecule has 1 N–H and O–H groups in total. The van der Waals surface area contributed by atoms with Crippen molar-refractivity contribution in [2.75, 3.05) is 6.54 Å². The highest BCUT2D eigenvalue weighted by atomic mass is 28.3. The molecule has 0 bridgehead atoms. The van der Waals surface area contributed by atoms with Crippen LogP contribution in [0.4, 0.5) is 0 Å². The van der Waals surface area contributed by atoms with Crippen LogP contribution in [0.1, 0.15) is 38.5 Å². The van der Waals surface area contributed by atoms with Gasteiger partial charge in [-0.1, -0.05) is 38.5 Å². The topological polar surface area (TPSA) is 12.0 Å². The number of hydrogen-bond acceptors (Lipinski definition) is 1. The van der Waals surface area contributed by atoms with E-state index in [1.165, 1.54) is 45.1 Å². The first-order valence-electron chi connectivity index (χ1n) is 6.73. The highest BCUT2D eigenvalue weighted by Gasteiger charge is 2.38. The van der Waals surface area contributed by atoms with Crippen LogP contribution in [-0.2, 0) is 0 Å². The molecular formula is C13H27NSi. The normalized spacial score (nSPS) is 25.8. The molecule has 0 aromatic heterocycles. The van der Waals surface area contributed by atoms with Gasteiger partial charge < -0.3 is 5.32 Å². The summed E-state index contributed by atoms with van der Waals surface area (Å²) in [5.41, 5.74) is 0.701. The Balaban J connectivity index is 1.89. The Labute approximate surface area is 96.0 Å². The molecule has 2 saturated carbocycles. The fourth-order valence-electron chi connectivity index (χ4n) is 3.31. The van der Waals surface area contributed by atoms with Gasteiger partial charge in [-0.25, -0.2) is 0 Å². The Morgan fingerprint density at radius 2 is 1.73 bits per heavy atom. The second kappa shape index (κ2) is 4.21. The van der Waals surface area contributed by atoms with E-state index in [0.717, 1.165) is 6.04 Å². The molecule has 15 heavy (non-hydrogen) atoms. The molecule has 2 rings (SSSR count). The number of rotatable bonds is 5. The van der Waals surface area contributed by atoms with Crippen molar-refractivity contribution in [3.63, 3.8) is 0 Å². The fraction of sp³-hybridized carbons (Fsp3) is 1.00. The second-order valence-electron chi connectivity index (χ2n) is 7.10. The van der Waals surface area contributed by atoms with Crippen LogP contribution in [0.3, 0.4) is 0 Å². The molecule has 0 saturated heterocycles. The van der Waals surface area contributed by atoms with E-state index in [1.54, 1.807) is 6.04 Å². The first kappa shape index (κ1) is 11.7. The minimum absolute atomic E-state index is 0.701. The molecule has 1 nitrogen and oxygen atoms in total. The van der Waals surface area contributed by atoms with Crippen molar-refractivity contribution in [1.29, 1.82) is 0 Å². The van der Waals surface area contributed by atoms with Crippen LogP contribution in [0.25, 0.3) is 0 Å². The first-order chi connectivity index (χ1) is 6.99. The molecule has 2 aliphatic carbocycles. The molecule has 0 aliphatic heterocycles. The van der Waals surface area contributed by atoms with Gasteiger partial charge >= 0.3 is 0 Å². The maximum atomic E-state index is 3.78. The van der Waals surface area contributed by atoms with Crippen molar-refractivity contribution in [1.82, 2.24) is 5.32 Å². The van der Waals surface area contributed by atoms with Crippen LogP contribution < -0.4 is 5.32 Å². The fourth-order valence-corrected chi connectivity index (χ4v) is 6.04. The Hall–Kier alpha value is 0.177. The summed E-state index contributed by atoms with van der Waals surface area (Å²) in [7, 11) is -0.886. The minimum Gasteiger partial charge on any atom is -0.313 e. The van der Waals surface area contributed by atoms with Gasteiger partial charge in [-0.15, -0.1) is 0 Å². The second-order valence-corrected chi connectivity index (χ2v) is 12.6. The van der Waals surface area contributed by atoms with E-state index in [0.29, 0.717) is 5.41 Å². The van der Waals surface area contributed by atoms with E-state index in [9.17, 15) is 0 Å². The molecule has 2 heteroatoms. The summed E-state index contributed by atoms with van der Waals surface area (Å²) in [5, 5.41) is 3.78. The van der Waals surface area contributed by atoms with Crippen LogP contribution in [0.5, 0.6) is 0 Å². The molecule has 0 aromatic rings. The van der Waals surface area contributed by atoms with Crippen LogP contribution in [0.2, 0.25) is 25.7 Å². The lowest BCUT2D eigenvalue weighted by atomic mass is 9.88. The summed E-state index contributed by atoms with van der Waals surface area (Å²) in [6.45, 7) is 8.92. The summed E-state index contributed by atoms with van der Waals surface area (Å²) < 4.78 is 0. The van der Waals surface area contributed by atoms with Gasteiger partial charge in [0.1, 0.15) is 0 Å². The van der Waals surface area contributed by atoms with E-state index >= 15 is 0 Å². The van der Waals surface area contributed by atoms with Gasteiger partial charge in [-0.2, -0.15) is 0 Å². The Kier molecular flexibility index (Phi) is 3.27. The zero-order chi connectivity index (χ0) is 10.9. The molecule has 2 fully saturated rings. The quantitative estimate of drug-likeness (QED) is 0.705. The Bertz CT molecular complexity index is 209. The molecule has 0 radical (unpaired) electrons. The smallest absolute Gasteiger partial charge is 0.0448 e. The Morgan fingerprint density at radius 3 is 2.20 bits per heavy atom. The predicted octanol–water partition coefficient (Wildman–Crippen LogP) is 3.64. The van der Waals surface area contributed by atoms with Crippen molar-refractivity contribution in [3.05, 3.63) is 0 Å². The van der Waals surface area contributed by atoms with Crippen molar-refractivity contribution in [2.45, 2.75) is 70.3 Å². The third kappa shape index (κ3) is 3.60. The van der Waals surface area contributed by atoms with Gasteiger partial charge in [0.25, 0.3) is 0 Å². The molecule has 0 atom stereocenters. The molecule has 88 valence electrons. The van der Waals surface area contributed by atoms with E-state index in [4.69, 9.17) is 0 Å². The lowest BCUT2D eigenvalue weighted by Crippen LogP contribution is -2.39. The predicted molar refractivity (Wildman–Crippen MR) is 70.1 cm³/mol. The molecule has 0 unspecified atom stereocenters. The standard InChI is InChI=1S/C13H27NSi/c1-15(2,3)11-13(8-4-5-9-13)10-14-12-6-7-12/h12,14H,4-11H2,1-3H3. The third-order valence-corrected chi connectivity index (χ3v) is 5.72. The highest BCUT2D eigenvalue weighted by Crippen LogP contribution is 2.44. The van der Waals surface area contributed by atoms with Crippen LogP contribution in [0.15, 0.2) is 0 Å². The number of nitrogens with one attached hydrogen (secondary N) is 1. The molecular weight excluding hydrogens is 198 g/mol. The average molecular weight is 225 g/mol. The van der Waals surface area contributed by atoms with Crippen molar-refractivity contribution < 1.29 is 0 Å². The van der Waals surface area contributed by atoms with E-state index < -0.39 is 8.07 Å². The van der Waals surface area contributed by atoms with Crippen LogP contribution >= 0.6 is 0 Å². The number of hydrogen-bond donors (Lipinski definition) is 1. The van der Waals surface area contributed by atoms with Gasteiger partial charge in [0.15, 0.2) is 0 Å². The monoisotopic (exact) mass is 225 g/mol. The van der Waals surface area contributed by atoms with Gasteiger partial charge in [-0.05, 0) is 31.1 Å². The van der Waals surface area contributed by atoms with Gasteiger partial charge in [0.2, 0.25) is 0 Å². The molecule has 0 amide bonds. The zero-order valence-electron chi connectivity index (χ0n) is 10.7. The van der Waals surface area contributed by atoms with Crippen molar-refractivity contribution in [3.8, 4) is 0 Å². The molecule has 0 heterocycles. The van der Waals surface area contributed by atoms with Gasteiger partial charge in [-0.3, -0.25) is 0 Å². The van der Waals surface area contributed by atoms with Gasteiger partial charge in [0.05, 0.1) is 0 Å². The van der Waals surface area contributed by atoms with E-state index in [-0.39, 0.29) is 0 Å². The molecule has 0 aromatic carbocycles. The van der Waals surface area contributed by atoms with Crippen LogP contribution in [-0.4, -0.2) is 20.7 Å². The summed E-state index contributed by atoms with van der Waals surface area (Å²) in [5.74, 6) is 0. The third-order valence-electron chi connectivity index (χ3n) is 3.91. The average Bonchev–Trinajstić information content (AvgIpc) is 2.83. The summed E-state index contributed by atoms with van der Waals surface area (Å²) >= 11 is 0. The Morgan fingerprint density at radius 1 is 1.13 bits per heavy atom. The molecule has 2 aliphatic rings. The van der Waals surface area contributed by atoms with Gasteiger partial charge in [0, 0.05) is 20.7 Å². The SMILES string of the molecule is C[Si](C)(C)CC1(CNC2CC2)CCCC1. The van der Waals surface area contributed by atoms with E-state index in [1.807, 2.05) is 0 Å².